The van der Waals surface area contributed by atoms with Crippen LogP contribution >= 0.6 is 24.0 Å². The van der Waals surface area contributed by atoms with Crippen LogP contribution in [0.15, 0.2) is 41.3 Å². The number of anilines is 2. The number of nitrogens with zero attached hydrogens (tertiary/aromatic N) is 1. The van der Waals surface area contributed by atoms with E-state index in [-0.39, 0.29) is 0 Å². The Bertz CT molecular complexity index is 611. The number of aryl methyl sites for hydroxylation is 1. The maximum atomic E-state index is 5.72. The zero-order valence-corrected chi connectivity index (χ0v) is 12.4. The molecule has 0 radical (unpaired) electrons. The fourth-order valence-corrected chi connectivity index (χ4v) is 2.31. The Hall–Kier alpha value is -1.59. The average molecular weight is 289 g/mol. The van der Waals surface area contributed by atoms with Gasteiger partial charge < -0.3 is 11.1 Å². The molecule has 98 valence electrons. The first-order valence-corrected chi connectivity index (χ1v) is 7.42. The molecule has 1 aromatic carbocycles. The molecule has 3 nitrogen and oxygen atoms in total. The Morgan fingerprint density at radius 2 is 2.11 bits per heavy atom. The molecule has 0 aliphatic heterocycles. The molecule has 3 N–H and O–H groups in total. The summed E-state index contributed by atoms with van der Waals surface area (Å²) in [4.78, 5) is 5.99. The number of hydrogen-bond donors (Lipinski definition) is 2. The highest BCUT2D eigenvalue weighted by molar-refractivity contribution is 7.98. The minimum absolute atomic E-state index is 0.344. The van der Waals surface area contributed by atoms with Gasteiger partial charge in [0.2, 0.25) is 0 Å². The first-order chi connectivity index (χ1) is 9.10. The minimum atomic E-state index is 0.344. The van der Waals surface area contributed by atoms with Crippen molar-refractivity contribution >= 4 is 40.5 Å². The van der Waals surface area contributed by atoms with Gasteiger partial charge in [-0.15, -0.1) is 11.8 Å². The van der Waals surface area contributed by atoms with Gasteiger partial charge in [0.25, 0.3) is 0 Å². The van der Waals surface area contributed by atoms with Crippen molar-refractivity contribution in [3.05, 3.63) is 47.7 Å². The zero-order valence-electron chi connectivity index (χ0n) is 10.8. The van der Waals surface area contributed by atoms with Crippen LogP contribution in [-0.4, -0.2) is 16.2 Å². The first kappa shape index (κ1) is 13.8. The van der Waals surface area contributed by atoms with E-state index in [1.807, 2.05) is 37.4 Å². The molecular weight excluding hydrogens is 274 g/mol. The van der Waals surface area contributed by atoms with E-state index in [1.165, 1.54) is 4.90 Å². The maximum absolute atomic E-state index is 5.72. The highest BCUT2D eigenvalue weighted by atomic mass is 32.2. The van der Waals surface area contributed by atoms with Crippen LogP contribution in [0.4, 0.5) is 11.5 Å². The van der Waals surface area contributed by atoms with Crippen LogP contribution in [0.2, 0.25) is 0 Å². The van der Waals surface area contributed by atoms with E-state index in [0.29, 0.717) is 10.8 Å². The first-order valence-electron chi connectivity index (χ1n) is 5.78. The third-order valence-corrected chi connectivity index (χ3v) is 3.58. The van der Waals surface area contributed by atoms with Gasteiger partial charge in [0.15, 0.2) is 0 Å². The van der Waals surface area contributed by atoms with Crippen LogP contribution < -0.4 is 11.1 Å². The molecule has 0 saturated carbocycles. The second-order valence-electron chi connectivity index (χ2n) is 4.07. The molecule has 0 unspecified atom stereocenters. The van der Waals surface area contributed by atoms with Crippen molar-refractivity contribution in [3.8, 4) is 0 Å². The van der Waals surface area contributed by atoms with Gasteiger partial charge in [-0.25, -0.2) is 4.98 Å². The molecule has 2 aromatic rings. The SMILES string of the molecule is CSc1cccc(Nc2nc(C)ccc2C(N)=S)c1. The van der Waals surface area contributed by atoms with Gasteiger partial charge in [-0.05, 0) is 43.5 Å². The van der Waals surface area contributed by atoms with Crippen molar-refractivity contribution in [3.63, 3.8) is 0 Å². The summed E-state index contributed by atoms with van der Waals surface area (Å²) in [6, 6.07) is 11.9. The van der Waals surface area contributed by atoms with E-state index in [9.17, 15) is 0 Å². The largest absolute Gasteiger partial charge is 0.389 e. The summed E-state index contributed by atoms with van der Waals surface area (Å²) < 4.78 is 0. The summed E-state index contributed by atoms with van der Waals surface area (Å²) in [7, 11) is 0. The fourth-order valence-electron chi connectivity index (χ4n) is 1.69. The van der Waals surface area contributed by atoms with Gasteiger partial charge in [0.05, 0.1) is 5.56 Å². The molecule has 2 rings (SSSR count). The molecule has 5 heteroatoms. The van der Waals surface area contributed by atoms with Crippen LogP contribution in [0.25, 0.3) is 0 Å². The number of pyridine rings is 1. The normalized spacial score (nSPS) is 10.2. The number of thioether (sulfide) groups is 1. The minimum Gasteiger partial charge on any atom is -0.389 e. The van der Waals surface area contributed by atoms with Gasteiger partial charge >= 0.3 is 0 Å². The zero-order chi connectivity index (χ0) is 13.8. The van der Waals surface area contributed by atoms with Crippen molar-refractivity contribution < 1.29 is 0 Å². The van der Waals surface area contributed by atoms with Gasteiger partial charge in [-0.3, -0.25) is 0 Å². The van der Waals surface area contributed by atoms with Crippen molar-refractivity contribution in [1.82, 2.24) is 4.98 Å². The molecular formula is C14H15N3S2. The number of nitrogens with one attached hydrogen (secondary N) is 1. The summed E-state index contributed by atoms with van der Waals surface area (Å²) >= 11 is 6.75. The molecule has 0 aliphatic rings. The number of hydrogen-bond acceptors (Lipinski definition) is 4. The van der Waals surface area contributed by atoms with Crippen molar-refractivity contribution in [1.29, 1.82) is 0 Å². The quantitative estimate of drug-likeness (QED) is 0.666. The third-order valence-electron chi connectivity index (χ3n) is 2.63. The Balaban J connectivity index is 2.36. The van der Waals surface area contributed by atoms with Crippen LogP contribution in [0.5, 0.6) is 0 Å². The van der Waals surface area contributed by atoms with E-state index < -0.39 is 0 Å². The second kappa shape index (κ2) is 6.04. The molecule has 0 fully saturated rings. The van der Waals surface area contributed by atoms with Gasteiger partial charge in [-0.2, -0.15) is 0 Å². The number of benzene rings is 1. The monoisotopic (exact) mass is 289 g/mol. The lowest BCUT2D eigenvalue weighted by molar-refractivity contribution is 1.19. The number of rotatable bonds is 4. The lowest BCUT2D eigenvalue weighted by Crippen LogP contribution is -2.13. The molecule has 0 atom stereocenters. The lowest BCUT2D eigenvalue weighted by atomic mass is 10.2. The van der Waals surface area contributed by atoms with Gasteiger partial charge in [0.1, 0.15) is 10.8 Å². The Labute approximate surface area is 122 Å². The molecule has 19 heavy (non-hydrogen) atoms. The fraction of sp³-hybridized carbons (Fsp3) is 0.143. The van der Waals surface area contributed by atoms with Crippen molar-refractivity contribution in [2.45, 2.75) is 11.8 Å². The lowest BCUT2D eigenvalue weighted by Gasteiger charge is -2.11. The van der Waals surface area contributed by atoms with Gasteiger partial charge in [-0.1, -0.05) is 18.3 Å². The Morgan fingerprint density at radius 1 is 1.32 bits per heavy atom. The van der Waals surface area contributed by atoms with Crippen LogP contribution in [0.1, 0.15) is 11.3 Å². The molecule has 0 amide bonds. The van der Waals surface area contributed by atoms with Crippen molar-refractivity contribution in [2.75, 3.05) is 11.6 Å². The maximum Gasteiger partial charge on any atom is 0.140 e. The molecule has 0 saturated heterocycles. The topological polar surface area (TPSA) is 50.9 Å². The van der Waals surface area contributed by atoms with Crippen molar-refractivity contribution in [2.24, 2.45) is 5.73 Å². The summed E-state index contributed by atoms with van der Waals surface area (Å²) in [5, 5.41) is 3.28. The summed E-state index contributed by atoms with van der Waals surface area (Å²) in [6.45, 7) is 1.94. The molecule has 1 heterocycles. The molecule has 0 spiro atoms. The smallest absolute Gasteiger partial charge is 0.140 e. The summed E-state index contributed by atoms with van der Waals surface area (Å²) in [6.07, 6.45) is 2.05. The summed E-state index contributed by atoms with van der Waals surface area (Å²) in [5.41, 5.74) is 8.38. The number of aromatic nitrogens is 1. The van der Waals surface area contributed by atoms with E-state index in [2.05, 4.69) is 22.4 Å². The van der Waals surface area contributed by atoms with Crippen LogP contribution in [-0.2, 0) is 0 Å². The van der Waals surface area contributed by atoms with Crippen LogP contribution in [0.3, 0.4) is 0 Å². The summed E-state index contributed by atoms with van der Waals surface area (Å²) in [5.74, 6) is 0.700. The Kier molecular flexibility index (Phi) is 4.39. The standard InChI is InChI=1S/C14H15N3S2/c1-9-6-7-12(13(15)18)14(16-9)17-10-4-3-5-11(8-10)19-2/h3-8H,1-2H3,(H2,15,18)(H,16,17). The molecule has 1 aromatic heterocycles. The molecule has 0 aliphatic carbocycles. The predicted molar refractivity (Wildman–Crippen MR) is 86.4 cm³/mol. The van der Waals surface area contributed by atoms with Gasteiger partial charge in [0, 0.05) is 16.3 Å². The van der Waals surface area contributed by atoms with E-state index in [0.717, 1.165) is 16.9 Å². The van der Waals surface area contributed by atoms with Crippen LogP contribution in [0, 0.1) is 6.92 Å². The number of nitrogens with two attached hydrogens (primary N) is 1. The Morgan fingerprint density at radius 3 is 2.79 bits per heavy atom. The molecule has 0 bridgehead atoms. The van der Waals surface area contributed by atoms with E-state index >= 15 is 0 Å². The van der Waals surface area contributed by atoms with E-state index in [4.69, 9.17) is 18.0 Å². The highest BCUT2D eigenvalue weighted by Crippen LogP contribution is 2.23. The second-order valence-corrected chi connectivity index (χ2v) is 5.39. The predicted octanol–water partition coefficient (Wildman–Crippen LogP) is 3.49. The van der Waals surface area contributed by atoms with E-state index in [1.54, 1.807) is 11.8 Å². The third kappa shape index (κ3) is 3.45. The number of thiocarbonyl (C=S) groups is 1. The highest BCUT2D eigenvalue weighted by Gasteiger charge is 2.07. The average Bonchev–Trinajstić information content (AvgIpc) is 2.38.